The van der Waals surface area contributed by atoms with Crippen molar-refractivity contribution in [2.75, 3.05) is 5.73 Å². The van der Waals surface area contributed by atoms with E-state index in [1.54, 1.807) is 19.9 Å². The number of anilines is 1. The fourth-order valence-electron chi connectivity index (χ4n) is 2.09. The topological polar surface area (TPSA) is 43.8 Å². The first-order valence-electron chi connectivity index (χ1n) is 5.89. The summed E-state index contributed by atoms with van der Waals surface area (Å²) in [5, 5.41) is 4.37. The van der Waals surface area contributed by atoms with Crippen molar-refractivity contribution < 1.29 is 13.2 Å². The fraction of sp³-hybridized carbons (Fsp3) is 0.308. The van der Waals surface area contributed by atoms with E-state index in [4.69, 9.17) is 17.3 Å². The zero-order chi connectivity index (χ0) is 15.1. The van der Waals surface area contributed by atoms with E-state index >= 15 is 0 Å². The summed E-state index contributed by atoms with van der Waals surface area (Å²) in [6.07, 6.45) is -4.42. The van der Waals surface area contributed by atoms with Gasteiger partial charge in [-0.1, -0.05) is 29.8 Å². The Hall–Kier alpha value is -1.69. The molecular formula is C13H13ClF3N3. The molecule has 0 bridgehead atoms. The van der Waals surface area contributed by atoms with Crippen LogP contribution in [-0.2, 0) is 6.18 Å². The zero-order valence-corrected chi connectivity index (χ0v) is 11.6. The Kier molecular flexibility index (Phi) is 3.69. The molecule has 1 atom stereocenters. The highest BCUT2D eigenvalue weighted by Crippen LogP contribution is 2.37. The number of hydrogen-bond donors (Lipinski definition) is 1. The van der Waals surface area contributed by atoms with Crippen LogP contribution in [0.2, 0.25) is 5.02 Å². The molecule has 108 valence electrons. The van der Waals surface area contributed by atoms with E-state index < -0.39 is 17.8 Å². The fourth-order valence-corrected chi connectivity index (χ4v) is 2.22. The monoisotopic (exact) mass is 303 g/mol. The number of nitrogen functional groups attached to an aromatic ring is 1. The molecule has 0 fully saturated rings. The first kappa shape index (κ1) is 14.7. The molecule has 20 heavy (non-hydrogen) atoms. The Balaban J connectivity index is 2.54. The highest BCUT2D eigenvalue weighted by atomic mass is 35.5. The van der Waals surface area contributed by atoms with Crippen LogP contribution < -0.4 is 5.73 Å². The van der Waals surface area contributed by atoms with Crippen LogP contribution in [0.25, 0.3) is 0 Å². The van der Waals surface area contributed by atoms with Gasteiger partial charge in [0.15, 0.2) is 0 Å². The molecule has 0 aliphatic carbocycles. The minimum Gasteiger partial charge on any atom is -0.383 e. The predicted octanol–water partition coefficient (Wildman–Crippen LogP) is 4.06. The normalized spacial score (nSPS) is 13.5. The van der Waals surface area contributed by atoms with Crippen molar-refractivity contribution in [2.45, 2.75) is 26.1 Å². The van der Waals surface area contributed by atoms with Gasteiger partial charge >= 0.3 is 6.18 Å². The number of nitrogens with zero attached hydrogens (tertiary/aromatic N) is 2. The maximum absolute atomic E-state index is 13.0. The van der Waals surface area contributed by atoms with Crippen LogP contribution in [0, 0.1) is 6.92 Å². The van der Waals surface area contributed by atoms with Gasteiger partial charge in [0.2, 0.25) is 0 Å². The molecule has 2 aromatic rings. The molecule has 2 rings (SSSR count). The summed E-state index contributed by atoms with van der Waals surface area (Å²) in [6.45, 7) is 3.25. The Bertz CT molecular complexity index is 634. The number of rotatable bonds is 2. The molecule has 1 aromatic carbocycles. The minimum absolute atomic E-state index is 0.103. The Labute approximate surface area is 119 Å². The van der Waals surface area contributed by atoms with Crippen LogP contribution >= 0.6 is 11.6 Å². The van der Waals surface area contributed by atoms with Crippen LogP contribution in [-0.4, -0.2) is 9.78 Å². The summed E-state index contributed by atoms with van der Waals surface area (Å²) in [4.78, 5) is 0. The third-order valence-electron chi connectivity index (χ3n) is 3.13. The Morgan fingerprint density at radius 3 is 2.40 bits per heavy atom. The molecular weight excluding hydrogens is 291 g/mol. The highest BCUT2D eigenvalue weighted by Gasteiger charge is 2.35. The van der Waals surface area contributed by atoms with Crippen molar-refractivity contribution in [3.8, 4) is 0 Å². The van der Waals surface area contributed by atoms with Gasteiger partial charge in [0.25, 0.3) is 0 Å². The molecule has 0 aliphatic heterocycles. The summed E-state index contributed by atoms with van der Waals surface area (Å²) in [7, 11) is 0. The maximum Gasteiger partial charge on any atom is 0.416 e. The van der Waals surface area contributed by atoms with Crippen LogP contribution in [0.3, 0.4) is 0 Å². The van der Waals surface area contributed by atoms with Crippen molar-refractivity contribution >= 4 is 17.4 Å². The third-order valence-corrected chi connectivity index (χ3v) is 3.60. The van der Waals surface area contributed by atoms with Gasteiger partial charge in [-0.05, 0) is 25.5 Å². The highest BCUT2D eigenvalue weighted by molar-refractivity contribution is 6.33. The van der Waals surface area contributed by atoms with E-state index in [2.05, 4.69) is 5.10 Å². The van der Waals surface area contributed by atoms with Crippen LogP contribution in [0.1, 0.15) is 29.8 Å². The summed E-state index contributed by atoms with van der Waals surface area (Å²) in [6, 6.07) is 4.69. The maximum atomic E-state index is 13.0. The lowest BCUT2D eigenvalue weighted by Gasteiger charge is -2.19. The van der Waals surface area contributed by atoms with Crippen LogP contribution in [0.4, 0.5) is 19.0 Å². The van der Waals surface area contributed by atoms with Crippen molar-refractivity contribution in [3.05, 3.63) is 46.1 Å². The van der Waals surface area contributed by atoms with E-state index in [0.717, 1.165) is 6.07 Å². The minimum atomic E-state index is -4.42. The summed E-state index contributed by atoms with van der Waals surface area (Å²) >= 11 is 5.93. The number of hydrogen-bond acceptors (Lipinski definition) is 2. The summed E-state index contributed by atoms with van der Waals surface area (Å²) < 4.78 is 40.4. The van der Waals surface area contributed by atoms with Gasteiger partial charge in [0, 0.05) is 0 Å². The molecule has 2 N–H and O–H groups in total. The van der Waals surface area contributed by atoms with Gasteiger partial charge in [-0.3, -0.25) is 0 Å². The van der Waals surface area contributed by atoms with Crippen molar-refractivity contribution in [3.63, 3.8) is 0 Å². The van der Waals surface area contributed by atoms with E-state index in [9.17, 15) is 13.2 Å². The number of aryl methyl sites for hydroxylation is 1. The third kappa shape index (κ3) is 2.47. The molecule has 0 saturated heterocycles. The molecule has 0 spiro atoms. The first-order chi connectivity index (χ1) is 9.23. The average molecular weight is 304 g/mol. The van der Waals surface area contributed by atoms with Gasteiger partial charge < -0.3 is 5.73 Å². The first-order valence-corrected chi connectivity index (χ1v) is 6.27. The quantitative estimate of drug-likeness (QED) is 0.909. The molecule has 1 aromatic heterocycles. The number of alkyl halides is 3. The molecule has 7 heteroatoms. The second-order valence-electron chi connectivity index (χ2n) is 4.49. The smallest absolute Gasteiger partial charge is 0.383 e. The van der Waals surface area contributed by atoms with E-state index in [-0.39, 0.29) is 16.4 Å². The Morgan fingerprint density at radius 1 is 1.30 bits per heavy atom. The van der Waals surface area contributed by atoms with Crippen molar-refractivity contribution in [1.82, 2.24) is 9.78 Å². The van der Waals surface area contributed by atoms with Crippen molar-refractivity contribution in [1.29, 1.82) is 0 Å². The molecule has 0 amide bonds. The van der Waals surface area contributed by atoms with Gasteiger partial charge in [-0.2, -0.15) is 18.3 Å². The van der Waals surface area contributed by atoms with Crippen molar-refractivity contribution in [2.24, 2.45) is 0 Å². The number of halogens is 4. The molecule has 0 radical (unpaired) electrons. The SMILES string of the molecule is Cc1nn(C(C)c2ccccc2C(F)(F)F)c(N)c1Cl. The molecule has 3 nitrogen and oxygen atoms in total. The Morgan fingerprint density at radius 2 is 1.90 bits per heavy atom. The summed E-state index contributed by atoms with van der Waals surface area (Å²) in [5.74, 6) is 0.161. The van der Waals surface area contributed by atoms with Gasteiger partial charge in [0.1, 0.15) is 10.8 Å². The number of aromatic nitrogens is 2. The van der Waals surface area contributed by atoms with Gasteiger partial charge in [-0.15, -0.1) is 0 Å². The average Bonchev–Trinajstić information content (AvgIpc) is 2.65. The molecule has 0 saturated carbocycles. The van der Waals surface area contributed by atoms with Crippen LogP contribution in [0.15, 0.2) is 24.3 Å². The van der Waals surface area contributed by atoms with Crippen LogP contribution in [0.5, 0.6) is 0 Å². The lowest BCUT2D eigenvalue weighted by molar-refractivity contribution is -0.138. The molecule has 1 unspecified atom stereocenters. The number of nitrogens with two attached hydrogens (primary N) is 1. The summed E-state index contributed by atoms with van der Waals surface area (Å²) in [5.41, 5.74) is 5.68. The predicted molar refractivity (Wildman–Crippen MR) is 71.6 cm³/mol. The van der Waals surface area contributed by atoms with E-state index in [1.807, 2.05) is 0 Å². The van der Waals surface area contributed by atoms with Gasteiger partial charge in [0.05, 0.1) is 17.3 Å². The second kappa shape index (κ2) is 5.01. The lowest BCUT2D eigenvalue weighted by Crippen LogP contribution is -2.17. The van der Waals surface area contributed by atoms with Gasteiger partial charge in [-0.25, -0.2) is 4.68 Å². The lowest BCUT2D eigenvalue weighted by atomic mass is 10.0. The van der Waals surface area contributed by atoms with E-state index in [1.165, 1.54) is 16.8 Å². The molecule has 0 aliphatic rings. The van der Waals surface area contributed by atoms with E-state index in [0.29, 0.717) is 5.69 Å². The largest absolute Gasteiger partial charge is 0.416 e. The standard InChI is InChI=1S/C13H13ClF3N3/c1-7-11(14)12(18)20(19-7)8(2)9-5-3-4-6-10(9)13(15,16)17/h3-6,8H,18H2,1-2H3. The second-order valence-corrected chi connectivity index (χ2v) is 4.87. The zero-order valence-electron chi connectivity index (χ0n) is 10.9. The molecule has 1 heterocycles. The number of benzene rings is 1.